The lowest BCUT2D eigenvalue weighted by atomic mass is 10.0. The van der Waals surface area contributed by atoms with E-state index in [1.165, 1.54) is 19.3 Å². The highest BCUT2D eigenvalue weighted by atomic mass is 16.3. The molecule has 24 heteroatoms. The van der Waals surface area contributed by atoms with Gasteiger partial charge in [0, 0.05) is 13.1 Å². The number of carbonyl (C=O) groups is 8. The summed E-state index contributed by atoms with van der Waals surface area (Å²) in [4.78, 5) is 115. The number of hydrogen-bond donors (Lipinski definition) is 15. The Balaban J connectivity index is 3.46. The van der Waals surface area contributed by atoms with Crippen molar-refractivity contribution in [2.24, 2.45) is 45.3 Å². The smallest absolute Gasteiger partial charge is 0.243 e. The molecule has 1 saturated heterocycles. The predicted molar refractivity (Wildman–Crippen MR) is 295 cm³/mol. The molecule has 0 saturated carbocycles. The zero-order valence-electron chi connectivity index (χ0n) is 46.1. The molecule has 0 aliphatic carbocycles. The second-order valence-electron chi connectivity index (χ2n) is 20.5. The highest BCUT2D eigenvalue weighted by Crippen LogP contribution is 2.15. The van der Waals surface area contributed by atoms with Crippen LogP contribution in [-0.4, -0.2) is 146 Å². The first-order valence-electron chi connectivity index (χ1n) is 28.3. The van der Waals surface area contributed by atoms with Crippen LogP contribution in [0.5, 0.6) is 0 Å². The number of aliphatic hydroxyl groups is 1. The van der Waals surface area contributed by atoms with Crippen LogP contribution in [0.2, 0.25) is 0 Å². The van der Waals surface area contributed by atoms with Gasteiger partial charge in [0.05, 0.1) is 19.1 Å². The Morgan fingerprint density at radius 3 is 1.51 bits per heavy atom. The zero-order chi connectivity index (χ0) is 56.5. The number of rotatable bonds is 36. The summed E-state index contributed by atoms with van der Waals surface area (Å²) in [5.74, 6) is -4.54. The molecule has 7 atom stereocenters. The molecule has 1 rings (SSSR count). The second-order valence-corrected chi connectivity index (χ2v) is 20.5. The Labute approximate surface area is 452 Å². The van der Waals surface area contributed by atoms with Gasteiger partial charge in [-0.25, -0.2) is 0 Å². The molecule has 0 aromatic carbocycles. The third-order valence-electron chi connectivity index (χ3n) is 13.2. The average Bonchev–Trinajstić information content (AvgIpc) is 3.37. The fourth-order valence-corrected chi connectivity index (χ4v) is 8.71. The second kappa shape index (κ2) is 42.9. The number of guanidine groups is 1. The van der Waals surface area contributed by atoms with Crippen molar-refractivity contribution in [3.05, 3.63) is 0 Å². The van der Waals surface area contributed by atoms with E-state index >= 15 is 0 Å². The molecule has 7 unspecified atom stereocenters. The van der Waals surface area contributed by atoms with Gasteiger partial charge in [0.2, 0.25) is 47.3 Å². The van der Waals surface area contributed by atoms with Gasteiger partial charge in [0.25, 0.3) is 0 Å². The number of unbranched alkanes of at least 4 members (excludes halogenated alkanes) is 9. The fraction of sp³-hybridized carbons (Fsp3) is 0.827. The van der Waals surface area contributed by atoms with Gasteiger partial charge in [-0.3, -0.25) is 43.3 Å². The monoisotopic (exact) mass is 1080 g/mol. The molecular weight excluding hydrogens is 979 g/mol. The topological polar surface area (TPSA) is 422 Å². The molecule has 0 aromatic rings. The SMILES string of the molecule is CC(C)CCCCCCCCC(O)CC(=O)NCC(=O)NC(CCCN=C(N)N)C(=O)NC1CCCCNC(=O)C(CCCCN)NC(=O)C(CCCCN)NC(=O)C(CCCCN)NC(=O)C(CCCCN)NC1=O. The Bertz CT molecular complexity index is 1720. The first-order valence-corrected chi connectivity index (χ1v) is 28.3. The van der Waals surface area contributed by atoms with Crippen LogP contribution in [-0.2, 0) is 38.4 Å². The van der Waals surface area contributed by atoms with Gasteiger partial charge in [-0.05, 0) is 148 Å². The van der Waals surface area contributed by atoms with Gasteiger partial charge in [-0.1, -0.05) is 58.8 Å². The van der Waals surface area contributed by atoms with Crippen LogP contribution in [0.3, 0.4) is 0 Å². The summed E-state index contributed by atoms with van der Waals surface area (Å²) in [7, 11) is 0. The number of hydrogen-bond acceptors (Lipinski definition) is 14. The molecule has 76 heavy (non-hydrogen) atoms. The molecule has 1 aliphatic rings. The van der Waals surface area contributed by atoms with Gasteiger partial charge in [-0.2, -0.15) is 0 Å². The largest absolute Gasteiger partial charge is 0.393 e. The zero-order valence-corrected chi connectivity index (χ0v) is 46.1. The van der Waals surface area contributed by atoms with Crippen LogP contribution in [0.1, 0.15) is 181 Å². The van der Waals surface area contributed by atoms with Crippen LogP contribution in [0.15, 0.2) is 4.99 Å². The van der Waals surface area contributed by atoms with Crippen molar-refractivity contribution in [1.29, 1.82) is 0 Å². The van der Waals surface area contributed by atoms with Crippen molar-refractivity contribution in [3.8, 4) is 0 Å². The maximum absolute atomic E-state index is 14.4. The van der Waals surface area contributed by atoms with Crippen molar-refractivity contribution in [3.63, 3.8) is 0 Å². The number of nitrogens with zero attached hydrogens (tertiary/aromatic N) is 1. The number of amides is 8. The molecule has 21 N–H and O–H groups in total. The summed E-state index contributed by atoms with van der Waals surface area (Å²) in [5, 5.41) is 32.5. The van der Waals surface area contributed by atoms with E-state index in [1.54, 1.807) is 0 Å². The molecule has 438 valence electrons. The maximum Gasteiger partial charge on any atom is 0.243 e. The first-order chi connectivity index (χ1) is 36.4. The average molecular weight is 1080 g/mol. The van der Waals surface area contributed by atoms with E-state index in [0.717, 1.165) is 25.7 Å². The van der Waals surface area contributed by atoms with Crippen LogP contribution >= 0.6 is 0 Å². The number of carbonyl (C=O) groups excluding carboxylic acids is 8. The Hall–Kier alpha value is -5.17. The van der Waals surface area contributed by atoms with Crippen molar-refractivity contribution in [2.75, 3.05) is 45.8 Å². The van der Waals surface area contributed by atoms with E-state index in [9.17, 15) is 43.5 Å². The summed E-state index contributed by atoms with van der Waals surface area (Å²) in [5.41, 5.74) is 34.1. The molecule has 1 heterocycles. The summed E-state index contributed by atoms with van der Waals surface area (Å²) < 4.78 is 0. The number of nitrogens with one attached hydrogen (secondary N) is 8. The first kappa shape index (κ1) is 68.8. The lowest BCUT2D eigenvalue weighted by Crippen LogP contribution is -2.59. The minimum Gasteiger partial charge on any atom is -0.393 e. The van der Waals surface area contributed by atoms with E-state index in [0.29, 0.717) is 96.3 Å². The molecule has 0 spiro atoms. The molecule has 24 nitrogen and oxygen atoms in total. The lowest BCUT2D eigenvalue weighted by Gasteiger charge is -2.28. The lowest BCUT2D eigenvalue weighted by molar-refractivity contribution is -0.135. The summed E-state index contributed by atoms with van der Waals surface area (Å²) in [6.07, 6.45) is 12.7. The Morgan fingerprint density at radius 2 is 1.04 bits per heavy atom. The van der Waals surface area contributed by atoms with Crippen molar-refractivity contribution in [2.45, 2.75) is 223 Å². The van der Waals surface area contributed by atoms with Crippen LogP contribution < -0.4 is 76.9 Å². The summed E-state index contributed by atoms with van der Waals surface area (Å²) in [6.45, 7) is 5.56. The van der Waals surface area contributed by atoms with Crippen molar-refractivity contribution < 1.29 is 43.5 Å². The van der Waals surface area contributed by atoms with E-state index < -0.39 is 96.2 Å². The summed E-state index contributed by atoms with van der Waals surface area (Å²) >= 11 is 0. The van der Waals surface area contributed by atoms with E-state index in [1.807, 2.05) is 0 Å². The van der Waals surface area contributed by atoms with Crippen LogP contribution in [0.4, 0.5) is 0 Å². The number of aliphatic imine (C=N–C) groups is 1. The quantitative estimate of drug-likeness (QED) is 0.0212. The molecule has 0 aromatic heterocycles. The van der Waals surface area contributed by atoms with Gasteiger partial charge in [-0.15, -0.1) is 0 Å². The van der Waals surface area contributed by atoms with Crippen LogP contribution in [0, 0.1) is 5.92 Å². The minimum absolute atomic E-state index is 0.0215. The normalized spacial score (nSPS) is 20.1. The van der Waals surface area contributed by atoms with Gasteiger partial charge < -0.3 is 82.0 Å². The third kappa shape index (κ3) is 33.1. The standard InChI is InChI=1S/C52H101N15O9/c1-36(2)20-7-5-3-4-6-8-21-37(68)34-44(69)61-35-45(70)62-39(27-19-33-60-52(57)58)47(72)64-43-26-13-18-32-59-46(71)38(22-9-14-28-53)63-48(73)40(23-10-15-29-54)65-49(74)41(24-11-16-30-55)66-50(75)42(67-51(43)76)25-12-17-31-56/h36-43,68H,3-35,53-56H2,1-2H3,(H,59,71)(H,61,69)(H,62,70)(H,63,73)(H,64,72)(H,65,74)(H,66,75)(H,67,76)(H4,57,58,60). The minimum atomic E-state index is -1.26. The van der Waals surface area contributed by atoms with Crippen molar-refractivity contribution in [1.82, 2.24) is 42.5 Å². The van der Waals surface area contributed by atoms with Crippen LogP contribution in [0.25, 0.3) is 0 Å². The van der Waals surface area contributed by atoms with E-state index in [4.69, 9.17) is 34.4 Å². The highest BCUT2D eigenvalue weighted by Gasteiger charge is 2.33. The third-order valence-corrected chi connectivity index (χ3v) is 13.2. The molecule has 1 fully saturated rings. The number of aliphatic hydroxyl groups excluding tert-OH is 1. The number of nitrogens with two attached hydrogens (primary N) is 6. The summed E-state index contributed by atoms with van der Waals surface area (Å²) in [6, 6.07) is -6.87. The van der Waals surface area contributed by atoms with Gasteiger partial charge in [0.15, 0.2) is 5.96 Å². The van der Waals surface area contributed by atoms with Crippen molar-refractivity contribution >= 4 is 53.2 Å². The Kier molecular flexibility index (Phi) is 38.8. The van der Waals surface area contributed by atoms with E-state index in [-0.39, 0.29) is 76.8 Å². The predicted octanol–water partition coefficient (Wildman–Crippen LogP) is -0.591. The molecular formula is C52H101N15O9. The highest BCUT2D eigenvalue weighted by molar-refractivity contribution is 5.97. The molecule has 0 bridgehead atoms. The maximum atomic E-state index is 14.4. The Morgan fingerprint density at radius 1 is 0.579 bits per heavy atom. The fourth-order valence-electron chi connectivity index (χ4n) is 8.71. The van der Waals surface area contributed by atoms with Gasteiger partial charge >= 0.3 is 0 Å². The van der Waals surface area contributed by atoms with E-state index in [2.05, 4.69) is 61.4 Å². The molecule has 1 aliphatic heterocycles. The van der Waals surface area contributed by atoms with Gasteiger partial charge in [0.1, 0.15) is 36.3 Å². The molecule has 8 amide bonds. The molecule has 0 radical (unpaired) electrons.